The van der Waals surface area contributed by atoms with Crippen molar-refractivity contribution >= 4 is 37.5 Å². The fourth-order valence-electron chi connectivity index (χ4n) is 4.40. The quantitative estimate of drug-likeness (QED) is 0.550. The number of rotatable bonds is 5. The van der Waals surface area contributed by atoms with E-state index in [-0.39, 0.29) is 16.8 Å². The van der Waals surface area contributed by atoms with Crippen molar-refractivity contribution < 1.29 is 13.2 Å². The second-order valence-corrected chi connectivity index (χ2v) is 11.3. The molecule has 0 saturated heterocycles. The molecule has 0 spiro atoms. The van der Waals surface area contributed by atoms with Crippen LogP contribution in [0.25, 0.3) is 10.2 Å². The Kier molecular flexibility index (Phi) is 6.65. The summed E-state index contributed by atoms with van der Waals surface area (Å²) in [4.78, 5) is 18.0. The number of benzene rings is 2. The zero-order chi connectivity index (χ0) is 22.9. The van der Waals surface area contributed by atoms with Crippen molar-refractivity contribution in [1.82, 2.24) is 8.87 Å². The Morgan fingerprint density at radius 3 is 2.47 bits per heavy atom. The number of aromatic nitrogens is 1. The first-order chi connectivity index (χ1) is 15.3. The summed E-state index contributed by atoms with van der Waals surface area (Å²) in [5.74, 6) is -0.380. The molecule has 1 fully saturated rings. The van der Waals surface area contributed by atoms with Crippen molar-refractivity contribution in [2.75, 3.05) is 7.05 Å². The van der Waals surface area contributed by atoms with Crippen LogP contribution in [0.5, 0.6) is 0 Å². The van der Waals surface area contributed by atoms with Gasteiger partial charge in [-0.3, -0.25) is 4.79 Å². The van der Waals surface area contributed by atoms with E-state index in [1.807, 2.05) is 23.7 Å². The number of carbonyl (C=O) groups is 1. The summed E-state index contributed by atoms with van der Waals surface area (Å²) in [6, 6.07) is 12.3. The summed E-state index contributed by atoms with van der Waals surface area (Å²) >= 11 is 1.48. The normalized spacial score (nSPS) is 16.2. The number of nitrogens with zero attached hydrogens (tertiary/aromatic N) is 3. The molecule has 1 amide bonds. The lowest BCUT2D eigenvalue weighted by molar-refractivity contribution is 0.0998. The average molecular weight is 472 g/mol. The van der Waals surface area contributed by atoms with Crippen LogP contribution in [0.4, 0.5) is 0 Å². The van der Waals surface area contributed by atoms with E-state index in [1.165, 1.54) is 39.8 Å². The number of amides is 1. The smallest absolute Gasteiger partial charge is 0.279 e. The number of thiazole rings is 1. The van der Waals surface area contributed by atoms with Gasteiger partial charge in [-0.25, -0.2) is 8.42 Å². The molecule has 1 aliphatic rings. The molecule has 32 heavy (non-hydrogen) atoms. The predicted octanol–water partition coefficient (Wildman–Crippen LogP) is 4.50. The highest BCUT2D eigenvalue weighted by atomic mass is 32.2. The molecule has 8 heteroatoms. The molecule has 2 aromatic carbocycles. The molecule has 170 valence electrons. The zero-order valence-electron chi connectivity index (χ0n) is 18.7. The number of aryl methyl sites for hydroxylation is 2. The van der Waals surface area contributed by atoms with E-state index < -0.39 is 10.0 Å². The fourth-order valence-corrected chi connectivity index (χ4v) is 6.89. The van der Waals surface area contributed by atoms with Crippen LogP contribution in [0.1, 0.15) is 54.9 Å². The Hall–Kier alpha value is -2.29. The molecule has 1 aromatic heterocycles. The molecule has 4 rings (SSSR count). The van der Waals surface area contributed by atoms with Crippen LogP contribution < -0.4 is 4.80 Å². The van der Waals surface area contributed by atoms with Gasteiger partial charge in [0.05, 0.1) is 15.1 Å². The molecule has 1 aliphatic carbocycles. The van der Waals surface area contributed by atoms with Gasteiger partial charge in [0.2, 0.25) is 10.0 Å². The minimum atomic E-state index is -3.58. The van der Waals surface area contributed by atoms with Gasteiger partial charge in [-0.15, -0.1) is 0 Å². The van der Waals surface area contributed by atoms with Gasteiger partial charge in [0.15, 0.2) is 4.80 Å². The van der Waals surface area contributed by atoms with Crippen LogP contribution in [0.2, 0.25) is 0 Å². The van der Waals surface area contributed by atoms with E-state index in [0.717, 1.165) is 42.3 Å². The van der Waals surface area contributed by atoms with Gasteiger partial charge in [0, 0.05) is 25.7 Å². The fraction of sp³-hybridized carbons (Fsp3) is 0.417. The summed E-state index contributed by atoms with van der Waals surface area (Å²) < 4.78 is 30.6. The topological polar surface area (TPSA) is 71.7 Å². The molecule has 0 radical (unpaired) electrons. The van der Waals surface area contributed by atoms with Gasteiger partial charge in [0.25, 0.3) is 5.91 Å². The van der Waals surface area contributed by atoms with Gasteiger partial charge in [0.1, 0.15) is 0 Å². The summed E-state index contributed by atoms with van der Waals surface area (Å²) in [5, 5.41) is 0. The lowest BCUT2D eigenvalue weighted by atomic mass is 9.96. The van der Waals surface area contributed by atoms with Crippen molar-refractivity contribution in [2.24, 2.45) is 12.0 Å². The lowest BCUT2D eigenvalue weighted by Crippen LogP contribution is -2.38. The average Bonchev–Trinajstić information content (AvgIpc) is 3.14. The maximum atomic E-state index is 13.0. The highest BCUT2D eigenvalue weighted by Gasteiger charge is 2.29. The van der Waals surface area contributed by atoms with Crippen LogP contribution in [0.15, 0.2) is 52.4 Å². The minimum absolute atomic E-state index is 0.0473. The first-order valence-corrected chi connectivity index (χ1v) is 13.3. The third-order valence-corrected chi connectivity index (χ3v) is 9.37. The lowest BCUT2D eigenvalue weighted by Gasteiger charge is -2.30. The monoisotopic (exact) mass is 471 g/mol. The van der Waals surface area contributed by atoms with Crippen molar-refractivity contribution in [3.63, 3.8) is 0 Å². The molecule has 3 aromatic rings. The molecular formula is C24H29N3O3S2. The number of hydrogen-bond acceptors (Lipinski definition) is 4. The Balaban J connectivity index is 1.60. The zero-order valence-corrected chi connectivity index (χ0v) is 20.4. The highest BCUT2D eigenvalue weighted by molar-refractivity contribution is 7.89. The Morgan fingerprint density at radius 1 is 1.12 bits per heavy atom. The molecule has 1 heterocycles. The maximum Gasteiger partial charge on any atom is 0.279 e. The molecule has 0 N–H and O–H groups in total. The van der Waals surface area contributed by atoms with E-state index in [4.69, 9.17) is 0 Å². The number of fused-ring (bicyclic) bond motifs is 1. The number of sulfonamides is 1. The number of hydrogen-bond donors (Lipinski definition) is 0. The molecule has 0 aliphatic heterocycles. The Morgan fingerprint density at radius 2 is 1.81 bits per heavy atom. The Labute approximate surface area is 193 Å². The number of para-hydroxylation sites is 1. The largest absolute Gasteiger partial charge is 0.319 e. The summed E-state index contributed by atoms with van der Waals surface area (Å²) in [6.45, 7) is 2.11. The number of carbonyl (C=O) groups excluding carboxylic acids is 1. The first kappa shape index (κ1) is 22.9. The van der Waals surface area contributed by atoms with E-state index in [9.17, 15) is 13.2 Å². The van der Waals surface area contributed by atoms with E-state index in [2.05, 4.69) is 18.0 Å². The van der Waals surface area contributed by atoms with Crippen LogP contribution in [0.3, 0.4) is 0 Å². The molecule has 0 bridgehead atoms. The van der Waals surface area contributed by atoms with Gasteiger partial charge >= 0.3 is 0 Å². The van der Waals surface area contributed by atoms with Crippen LogP contribution in [-0.4, -0.2) is 36.3 Å². The third-order valence-electron chi connectivity index (χ3n) is 6.35. The summed E-state index contributed by atoms with van der Waals surface area (Å²) in [7, 11) is -0.00634. The molecule has 1 saturated carbocycles. The molecular weight excluding hydrogens is 442 g/mol. The summed E-state index contributed by atoms with van der Waals surface area (Å²) in [5.41, 5.74) is 2.68. The Bertz CT molecular complexity index is 1300. The minimum Gasteiger partial charge on any atom is -0.319 e. The second kappa shape index (κ2) is 9.29. The SMILES string of the molecule is CCc1cccc2sc(=NC(=O)c3ccc(S(=O)(=O)N(C)C4CCCCC4)cc3)n(C)c12. The van der Waals surface area contributed by atoms with Crippen molar-refractivity contribution in [1.29, 1.82) is 0 Å². The molecule has 0 unspecified atom stereocenters. The van der Waals surface area contributed by atoms with Gasteiger partial charge in [-0.05, 0) is 55.2 Å². The van der Waals surface area contributed by atoms with Crippen LogP contribution in [0, 0.1) is 0 Å². The van der Waals surface area contributed by atoms with Gasteiger partial charge in [-0.1, -0.05) is 49.7 Å². The van der Waals surface area contributed by atoms with E-state index >= 15 is 0 Å². The standard InChI is InChI=1S/C24H29N3O3S2/c1-4-17-9-8-12-21-22(17)26(2)24(31-21)25-23(28)18-13-15-20(16-14-18)32(29,30)27(3)19-10-6-5-7-11-19/h8-9,12-16,19H,4-7,10-11H2,1-3H3. The van der Waals surface area contributed by atoms with Gasteiger partial charge < -0.3 is 4.57 Å². The van der Waals surface area contributed by atoms with Crippen LogP contribution in [-0.2, 0) is 23.5 Å². The van der Waals surface area contributed by atoms with E-state index in [0.29, 0.717) is 10.4 Å². The van der Waals surface area contributed by atoms with Crippen molar-refractivity contribution in [2.45, 2.75) is 56.4 Å². The van der Waals surface area contributed by atoms with Crippen molar-refractivity contribution in [3.8, 4) is 0 Å². The maximum absolute atomic E-state index is 13.0. The first-order valence-electron chi connectivity index (χ1n) is 11.1. The van der Waals surface area contributed by atoms with Crippen LogP contribution >= 0.6 is 11.3 Å². The molecule has 6 nitrogen and oxygen atoms in total. The predicted molar refractivity (Wildman–Crippen MR) is 128 cm³/mol. The second-order valence-electron chi connectivity index (χ2n) is 8.32. The third kappa shape index (κ3) is 4.31. The van der Waals surface area contributed by atoms with Crippen molar-refractivity contribution in [3.05, 3.63) is 58.4 Å². The van der Waals surface area contributed by atoms with E-state index in [1.54, 1.807) is 19.2 Å². The van der Waals surface area contributed by atoms with Gasteiger partial charge in [-0.2, -0.15) is 9.30 Å². The molecule has 0 atom stereocenters. The summed E-state index contributed by atoms with van der Waals surface area (Å²) in [6.07, 6.45) is 6.00. The highest BCUT2D eigenvalue weighted by Crippen LogP contribution is 2.27.